The number of fused-ring (bicyclic) bond motifs is 1. The second-order valence-corrected chi connectivity index (χ2v) is 7.61. The highest BCUT2D eigenvalue weighted by Crippen LogP contribution is 2.23. The van der Waals surface area contributed by atoms with Gasteiger partial charge in [0.05, 0.1) is 5.56 Å². The molecule has 0 aliphatic carbocycles. The van der Waals surface area contributed by atoms with Crippen LogP contribution in [-0.2, 0) is 22.5 Å². The molecule has 1 aromatic carbocycles. The van der Waals surface area contributed by atoms with E-state index < -0.39 is 12.1 Å². The van der Waals surface area contributed by atoms with Gasteiger partial charge < -0.3 is 9.64 Å². The van der Waals surface area contributed by atoms with Crippen LogP contribution in [0.1, 0.15) is 38.2 Å². The molecule has 0 bridgehead atoms. The molecule has 0 saturated heterocycles. The summed E-state index contributed by atoms with van der Waals surface area (Å²) in [7, 11) is 0. The Balaban J connectivity index is 1.65. The smallest absolute Gasteiger partial charge is 0.340 e. The Labute approximate surface area is 146 Å². The van der Waals surface area contributed by atoms with Crippen molar-refractivity contribution in [2.24, 2.45) is 0 Å². The van der Waals surface area contributed by atoms with Crippen molar-refractivity contribution in [1.29, 1.82) is 0 Å². The molecule has 0 radical (unpaired) electrons. The lowest BCUT2D eigenvalue weighted by Crippen LogP contribution is -2.42. The SMILES string of the molecule is Cc1cc(C(=O)O[C@H](C)C(=O)N2CCc3ccccc3C2)c(C)s1. The highest BCUT2D eigenvalue weighted by Gasteiger charge is 2.27. The third-order valence-electron chi connectivity index (χ3n) is 4.33. The van der Waals surface area contributed by atoms with Crippen LogP contribution < -0.4 is 0 Å². The minimum Gasteiger partial charge on any atom is -0.449 e. The van der Waals surface area contributed by atoms with E-state index in [-0.39, 0.29) is 5.91 Å². The Morgan fingerprint density at radius 1 is 1.21 bits per heavy atom. The van der Waals surface area contributed by atoms with Gasteiger partial charge in [-0.2, -0.15) is 0 Å². The van der Waals surface area contributed by atoms with Gasteiger partial charge in [0.25, 0.3) is 5.91 Å². The molecule has 126 valence electrons. The van der Waals surface area contributed by atoms with Crippen molar-refractivity contribution in [1.82, 2.24) is 4.90 Å². The first-order valence-corrected chi connectivity index (χ1v) is 8.91. The maximum Gasteiger partial charge on any atom is 0.340 e. The number of hydrogen-bond donors (Lipinski definition) is 0. The van der Waals surface area contributed by atoms with Crippen LogP contribution in [0.3, 0.4) is 0 Å². The zero-order valence-corrected chi connectivity index (χ0v) is 15.0. The molecular weight excluding hydrogens is 322 g/mol. The third kappa shape index (κ3) is 3.36. The Bertz CT molecular complexity index is 781. The first kappa shape index (κ1) is 16.7. The van der Waals surface area contributed by atoms with E-state index in [1.807, 2.05) is 38.1 Å². The van der Waals surface area contributed by atoms with Gasteiger partial charge in [-0.25, -0.2) is 4.79 Å². The fourth-order valence-electron chi connectivity index (χ4n) is 3.05. The number of esters is 1. The summed E-state index contributed by atoms with van der Waals surface area (Å²) >= 11 is 1.56. The lowest BCUT2D eigenvalue weighted by atomic mass is 9.99. The van der Waals surface area contributed by atoms with Crippen LogP contribution in [0.5, 0.6) is 0 Å². The summed E-state index contributed by atoms with van der Waals surface area (Å²) in [6.45, 7) is 6.73. The fraction of sp³-hybridized carbons (Fsp3) is 0.368. The lowest BCUT2D eigenvalue weighted by Gasteiger charge is -2.30. The Hall–Kier alpha value is -2.14. The molecule has 2 aromatic rings. The summed E-state index contributed by atoms with van der Waals surface area (Å²) in [6.07, 6.45) is 0.0631. The molecule has 4 nitrogen and oxygen atoms in total. The van der Waals surface area contributed by atoms with Crippen LogP contribution in [0, 0.1) is 13.8 Å². The first-order chi connectivity index (χ1) is 11.5. The van der Waals surface area contributed by atoms with Gasteiger partial charge in [-0.3, -0.25) is 4.79 Å². The molecule has 0 spiro atoms. The molecule has 3 rings (SSSR count). The molecule has 1 aliphatic rings. The van der Waals surface area contributed by atoms with E-state index >= 15 is 0 Å². The minimum atomic E-state index is -0.776. The molecule has 0 saturated carbocycles. The Morgan fingerprint density at radius 2 is 1.92 bits per heavy atom. The van der Waals surface area contributed by atoms with Crippen LogP contribution >= 0.6 is 11.3 Å². The number of benzene rings is 1. The quantitative estimate of drug-likeness (QED) is 0.802. The highest BCUT2D eigenvalue weighted by molar-refractivity contribution is 7.12. The Morgan fingerprint density at radius 3 is 2.58 bits per heavy atom. The summed E-state index contributed by atoms with van der Waals surface area (Å²) in [4.78, 5) is 28.7. The van der Waals surface area contributed by atoms with Crippen LogP contribution in [0.4, 0.5) is 0 Å². The van der Waals surface area contributed by atoms with Gasteiger partial charge in [0.15, 0.2) is 6.10 Å². The number of amides is 1. The Kier molecular flexibility index (Phi) is 4.71. The first-order valence-electron chi connectivity index (χ1n) is 8.09. The average molecular weight is 343 g/mol. The molecule has 0 N–H and O–H groups in total. The molecule has 2 heterocycles. The van der Waals surface area contributed by atoms with E-state index in [1.54, 1.807) is 23.2 Å². The van der Waals surface area contributed by atoms with Gasteiger partial charge in [0.2, 0.25) is 0 Å². The van der Waals surface area contributed by atoms with Crippen molar-refractivity contribution in [2.75, 3.05) is 6.54 Å². The summed E-state index contributed by atoms with van der Waals surface area (Å²) in [5, 5.41) is 0. The molecule has 1 aromatic heterocycles. The molecule has 0 unspecified atom stereocenters. The molecule has 24 heavy (non-hydrogen) atoms. The summed E-state index contributed by atoms with van der Waals surface area (Å²) in [5.41, 5.74) is 3.01. The second kappa shape index (κ2) is 6.77. The number of ether oxygens (including phenoxy) is 1. The summed E-state index contributed by atoms with van der Waals surface area (Å²) < 4.78 is 5.41. The zero-order chi connectivity index (χ0) is 17.3. The predicted octanol–water partition coefficient (Wildman–Crippen LogP) is 3.50. The molecular formula is C19H21NO3S. The van der Waals surface area contributed by atoms with E-state index in [2.05, 4.69) is 6.07 Å². The number of carbonyl (C=O) groups excluding carboxylic acids is 2. The van der Waals surface area contributed by atoms with E-state index in [0.717, 1.165) is 16.2 Å². The number of hydrogen-bond acceptors (Lipinski definition) is 4. The average Bonchev–Trinajstić information content (AvgIpc) is 2.92. The van der Waals surface area contributed by atoms with Gasteiger partial charge in [0, 0.05) is 22.8 Å². The van der Waals surface area contributed by atoms with Crippen LogP contribution in [0.15, 0.2) is 30.3 Å². The molecule has 5 heteroatoms. The normalized spacial score (nSPS) is 14.9. The molecule has 1 aliphatic heterocycles. The maximum atomic E-state index is 12.6. The van der Waals surface area contributed by atoms with Crippen LogP contribution in [-0.4, -0.2) is 29.4 Å². The monoisotopic (exact) mass is 343 g/mol. The number of nitrogens with zero attached hydrogens (tertiary/aromatic N) is 1. The zero-order valence-electron chi connectivity index (χ0n) is 14.2. The molecule has 0 fully saturated rings. The predicted molar refractivity (Wildman–Crippen MR) is 94.2 cm³/mol. The van der Waals surface area contributed by atoms with Gasteiger partial charge in [-0.05, 0) is 44.4 Å². The molecule has 1 amide bonds. The van der Waals surface area contributed by atoms with Crippen molar-refractivity contribution < 1.29 is 14.3 Å². The van der Waals surface area contributed by atoms with E-state index in [0.29, 0.717) is 18.7 Å². The third-order valence-corrected chi connectivity index (χ3v) is 5.30. The second-order valence-electron chi connectivity index (χ2n) is 6.15. The topological polar surface area (TPSA) is 46.6 Å². The van der Waals surface area contributed by atoms with Crippen molar-refractivity contribution in [2.45, 2.75) is 39.8 Å². The number of rotatable bonds is 3. The molecule has 1 atom stereocenters. The van der Waals surface area contributed by atoms with Crippen molar-refractivity contribution in [3.63, 3.8) is 0 Å². The number of aryl methyl sites for hydroxylation is 2. The van der Waals surface area contributed by atoms with Gasteiger partial charge in [-0.1, -0.05) is 24.3 Å². The van der Waals surface area contributed by atoms with Gasteiger partial charge in [0.1, 0.15) is 0 Å². The van der Waals surface area contributed by atoms with Gasteiger partial charge >= 0.3 is 5.97 Å². The summed E-state index contributed by atoms with van der Waals surface area (Å²) in [6, 6.07) is 9.96. The maximum absolute atomic E-state index is 12.6. The van der Waals surface area contributed by atoms with Crippen LogP contribution in [0.25, 0.3) is 0 Å². The van der Waals surface area contributed by atoms with Crippen LogP contribution in [0.2, 0.25) is 0 Å². The van der Waals surface area contributed by atoms with E-state index in [9.17, 15) is 9.59 Å². The number of thiophene rings is 1. The lowest BCUT2D eigenvalue weighted by molar-refractivity contribution is -0.140. The van der Waals surface area contributed by atoms with Gasteiger partial charge in [-0.15, -0.1) is 11.3 Å². The highest BCUT2D eigenvalue weighted by atomic mass is 32.1. The standard InChI is InChI=1S/C19H21NO3S/c1-12-10-17(14(3)24-12)19(22)23-13(2)18(21)20-9-8-15-6-4-5-7-16(15)11-20/h4-7,10,13H,8-9,11H2,1-3H3/t13-/m1/s1. The van der Waals surface area contributed by atoms with E-state index in [1.165, 1.54) is 11.1 Å². The minimum absolute atomic E-state index is 0.137. The van der Waals surface area contributed by atoms with Crippen molar-refractivity contribution in [3.8, 4) is 0 Å². The van der Waals surface area contributed by atoms with E-state index in [4.69, 9.17) is 4.74 Å². The fourth-order valence-corrected chi connectivity index (χ4v) is 3.96. The number of carbonyl (C=O) groups is 2. The summed E-state index contributed by atoms with van der Waals surface area (Å²) in [5.74, 6) is -0.558. The largest absolute Gasteiger partial charge is 0.449 e. The van der Waals surface area contributed by atoms with Crippen molar-refractivity contribution in [3.05, 3.63) is 56.8 Å². The van der Waals surface area contributed by atoms with Crippen molar-refractivity contribution >= 4 is 23.2 Å².